The van der Waals surface area contributed by atoms with E-state index in [4.69, 9.17) is 20.4 Å². The van der Waals surface area contributed by atoms with Crippen LogP contribution < -0.4 is 0 Å². The molecule has 0 spiro atoms. The van der Waals surface area contributed by atoms with E-state index in [0.29, 0.717) is 0 Å². The van der Waals surface area contributed by atoms with Gasteiger partial charge in [-0.3, -0.25) is 0 Å². The van der Waals surface area contributed by atoms with E-state index in [9.17, 15) is 24.9 Å². The molecule has 0 aliphatic heterocycles. The minimum atomic E-state index is -2.40. The SMILES string of the molecule is O=C(OC(=O)[C@H](O)[C@@H](O)[C@H](O)[C@H](O)CO)C(O)CO. The molecule has 1 unspecified atom stereocenters. The van der Waals surface area contributed by atoms with Crippen molar-refractivity contribution in [1.29, 1.82) is 0 Å². The summed E-state index contributed by atoms with van der Waals surface area (Å²) in [4.78, 5) is 22.0. The molecular formula is C9H16O10. The maximum atomic E-state index is 11.1. The normalized spacial score (nSPS) is 19.1. The average Bonchev–Trinajstić information content (AvgIpc) is 2.42. The van der Waals surface area contributed by atoms with Crippen LogP contribution in [0.5, 0.6) is 0 Å². The summed E-state index contributed by atoms with van der Waals surface area (Å²) in [6.07, 6.45) is -10.5. The highest BCUT2D eigenvalue weighted by molar-refractivity contribution is 5.90. The van der Waals surface area contributed by atoms with Gasteiger partial charge in [-0.1, -0.05) is 0 Å². The van der Waals surface area contributed by atoms with Crippen molar-refractivity contribution in [2.45, 2.75) is 30.5 Å². The summed E-state index contributed by atoms with van der Waals surface area (Å²) in [6.45, 7) is -1.96. The number of carbonyl (C=O) groups excluding carboxylic acids is 2. The lowest BCUT2D eigenvalue weighted by atomic mass is 10.0. The van der Waals surface area contributed by atoms with Crippen LogP contribution >= 0.6 is 0 Å². The molecule has 0 saturated carbocycles. The van der Waals surface area contributed by atoms with Crippen LogP contribution in [0, 0.1) is 0 Å². The van der Waals surface area contributed by atoms with Crippen molar-refractivity contribution in [1.82, 2.24) is 0 Å². The first kappa shape index (κ1) is 17.9. The van der Waals surface area contributed by atoms with Crippen LogP contribution in [0.3, 0.4) is 0 Å². The number of ether oxygens (including phenoxy) is 1. The largest absolute Gasteiger partial charge is 0.394 e. The molecule has 10 nitrogen and oxygen atoms in total. The first-order chi connectivity index (χ1) is 8.76. The lowest BCUT2D eigenvalue weighted by molar-refractivity contribution is -0.181. The van der Waals surface area contributed by atoms with Crippen molar-refractivity contribution in [2.24, 2.45) is 0 Å². The molecule has 0 saturated heterocycles. The Labute approximate surface area is 107 Å². The standard InChI is InChI=1S/C9H16O10/c10-1-3(12)5(14)6(15)7(16)9(18)19-8(17)4(13)2-11/h3-7,10-16H,1-2H2/t3-,4?,5-,6+,7-/m1/s1. The summed E-state index contributed by atoms with van der Waals surface area (Å²) < 4.78 is 3.90. The van der Waals surface area contributed by atoms with Crippen LogP contribution in [-0.2, 0) is 14.3 Å². The Morgan fingerprint density at radius 1 is 0.842 bits per heavy atom. The van der Waals surface area contributed by atoms with Crippen LogP contribution in [0.1, 0.15) is 0 Å². The monoisotopic (exact) mass is 284 g/mol. The third-order valence-electron chi connectivity index (χ3n) is 2.14. The van der Waals surface area contributed by atoms with Crippen molar-refractivity contribution in [2.75, 3.05) is 13.2 Å². The number of carbonyl (C=O) groups is 2. The Morgan fingerprint density at radius 3 is 1.79 bits per heavy atom. The molecule has 0 radical (unpaired) electrons. The van der Waals surface area contributed by atoms with Gasteiger partial charge in [0.05, 0.1) is 13.2 Å². The van der Waals surface area contributed by atoms with Crippen molar-refractivity contribution in [3.8, 4) is 0 Å². The van der Waals surface area contributed by atoms with Gasteiger partial charge in [-0.2, -0.15) is 0 Å². The van der Waals surface area contributed by atoms with Crippen LogP contribution in [0.2, 0.25) is 0 Å². The number of aliphatic hydroxyl groups is 7. The predicted molar refractivity (Wildman–Crippen MR) is 55.3 cm³/mol. The average molecular weight is 284 g/mol. The highest BCUT2D eigenvalue weighted by atomic mass is 16.6. The third-order valence-corrected chi connectivity index (χ3v) is 2.14. The molecule has 0 aromatic rings. The fourth-order valence-electron chi connectivity index (χ4n) is 0.964. The van der Waals surface area contributed by atoms with Gasteiger partial charge < -0.3 is 40.5 Å². The fraction of sp³-hybridized carbons (Fsp3) is 0.778. The van der Waals surface area contributed by atoms with Gasteiger partial charge in [-0.15, -0.1) is 0 Å². The van der Waals surface area contributed by atoms with Crippen molar-refractivity contribution in [3.63, 3.8) is 0 Å². The molecule has 5 atom stereocenters. The minimum absolute atomic E-state index is 0.942. The van der Waals surface area contributed by atoms with Gasteiger partial charge in [0.15, 0.2) is 12.2 Å². The van der Waals surface area contributed by atoms with Crippen molar-refractivity contribution >= 4 is 11.9 Å². The summed E-state index contributed by atoms with van der Waals surface area (Å²) in [6, 6.07) is 0. The van der Waals surface area contributed by atoms with E-state index < -0.39 is 55.7 Å². The Kier molecular flexibility index (Phi) is 7.63. The van der Waals surface area contributed by atoms with E-state index in [1.54, 1.807) is 0 Å². The van der Waals surface area contributed by atoms with Crippen LogP contribution in [-0.4, -0.2) is 91.4 Å². The molecule has 0 aliphatic rings. The molecule has 0 aromatic carbocycles. The highest BCUT2D eigenvalue weighted by Crippen LogP contribution is 2.07. The van der Waals surface area contributed by atoms with Gasteiger partial charge >= 0.3 is 11.9 Å². The number of aliphatic hydroxyl groups excluding tert-OH is 7. The highest BCUT2D eigenvalue weighted by Gasteiger charge is 2.36. The molecule has 0 amide bonds. The van der Waals surface area contributed by atoms with Crippen LogP contribution in [0.15, 0.2) is 0 Å². The first-order valence-electron chi connectivity index (χ1n) is 5.13. The van der Waals surface area contributed by atoms with E-state index >= 15 is 0 Å². The van der Waals surface area contributed by atoms with Crippen LogP contribution in [0.4, 0.5) is 0 Å². The molecule has 0 heterocycles. The second-order valence-electron chi connectivity index (χ2n) is 3.61. The lowest BCUT2D eigenvalue weighted by Crippen LogP contribution is -2.49. The molecule has 0 rings (SSSR count). The molecule has 0 bridgehead atoms. The number of hydrogen-bond donors (Lipinski definition) is 7. The fourth-order valence-corrected chi connectivity index (χ4v) is 0.964. The molecule has 112 valence electrons. The van der Waals surface area contributed by atoms with Gasteiger partial charge in [0, 0.05) is 0 Å². The van der Waals surface area contributed by atoms with Crippen molar-refractivity contribution < 1.29 is 50.1 Å². The molecule has 0 aromatic heterocycles. The quantitative estimate of drug-likeness (QED) is 0.176. The van der Waals surface area contributed by atoms with Crippen molar-refractivity contribution in [3.05, 3.63) is 0 Å². The Bertz CT molecular complexity index is 305. The minimum Gasteiger partial charge on any atom is -0.394 e. The second kappa shape index (κ2) is 8.12. The summed E-state index contributed by atoms with van der Waals surface area (Å²) in [5.74, 6) is -3.26. The summed E-state index contributed by atoms with van der Waals surface area (Å²) in [7, 11) is 0. The number of esters is 2. The van der Waals surface area contributed by atoms with Gasteiger partial charge in [-0.25, -0.2) is 9.59 Å². The predicted octanol–water partition coefficient (Wildman–Crippen LogP) is -5.15. The topological polar surface area (TPSA) is 185 Å². The van der Waals surface area contributed by atoms with E-state index in [2.05, 4.69) is 4.74 Å². The first-order valence-corrected chi connectivity index (χ1v) is 5.13. The van der Waals surface area contributed by atoms with E-state index in [1.165, 1.54) is 0 Å². The summed E-state index contributed by atoms with van der Waals surface area (Å²) in [5, 5.41) is 62.3. The Balaban J connectivity index is 4.52. The Morgan fingerprint density at radius 2 is 1.37 bits per heavy atom. The Hall–Kier alpha value is -1.14. The molecular weight excluding hydrogens is 268 g/mol. The van der Waals surface area contributed by atoms with E-state index in [1.807, 2.05) is 0 Å². The molecule has 0 fully saturated rings. The zero-order valence-corrected chi connectivity index (χ0v) is 9.66. The zero-order valence-electron chi connectivity index (χ0n) is 9.66. The smallest absolute Gasteiger partial charge is 0.345 e. The molecule has 10 heteroatoms. The molecule has 19 heavy (non-hydrogen) atoms. The van der Waals surface area contributed by atoms with Crippen LogP contribution in [0.25, 0.3) is 0 Å². The maximum absolute atomic E-state index is 11.1. The van der Waals surface area contributed by atoms with Gasteiger partial charge in [-0.05, 0) is 0 Å². The maximum Gasteiger partial charge on any atom is 0.345 e. The van der Waals surface area contributed by atoms with E-state index in [-0.39, 0.29) is 0 Å². The van der Waals surface area contributed by atoms with Gasteiger partial charge in [0.2, 0.25) is 0 Å². The number of rotatable bonds is 7. The summed E-state index contributed by atoms with van der Waals surface area (Å²) in [5.41, 5.74) is 0. The van der Waals surface area contributed by atoms with Gasteiger partial charge in [0.25, 0.3) is 0 Å². The third kappa shape index (κ3) is 5.16. The lowest BCUT2D eigenvalue weighted by Gasteiger charge is -2.24. The number of hydrogen-bond acceptors (Lipinski definition) is 10. The molecule has 7 N–H and O–H groups in total. The summed E-state index contributed by atoms with van der Waals surface area (Å²) >= 11 is 0. The van der Waals surface area contributed by atoms with Gasteiger partial charge in [0.1, 0.15) is 18.3 Å². The molecule has 0 aliphatic carbocycles. The second-order valence-corrected chi connectivity index (χ2v) is 3.61. The zero-order chi connectivity index (χ0) is 15.2. The van der Waals surface area contributed by atoms with E-state index in [0.717, 1.165) is 0 Å².